The maximum atomic E-state index is 13.5. The van der Waals surface area contributed by atoms with Gasteiger partial charge in [-0.2, -0.15) is 0 Å². The molecule has 11 nitrogen and oxygen atoms in total. The van der Waals surface area contributed by atoms with Crippen molar-refractivity contribution in [2.24, 2.45) is 5.92 Å². The standard InChI is InChI=1S/C27H29ClN6O5/c1-33(2)27(38)23-21-18(11-12-29-23)39-24(26(37)31-19-10-7-16(28)14-30-19)22(21)32-25(36)15-5-8-17(9-6-15)34-13-3-4-20(34)35/h7,10-12,14-15,17H,3-6,8-9,13H2,1-2H3,(H,32,36)(H,30,31,37)/t15-,17-. The molecule has 3 aromatic heterocycles. The maximum Gasteiger partial charge on any atom is 0.294 e. The number of hydrogen-bond donors (Lipinski definition) is 2. The van der Waals surface area contributed by atoms with E-state index < -0.39 is 11.8 Å². The molecule has 1 aliphatic carbocycles. The number of halogens is 1. The van der Waals surface area contributed by atoms with Crippen LogP contribution in [0.4, 0.5) is 11.5 Å². The molecule has 0 radical (unpaired) electrons. The summed E-state index contributed by atoms with van der Waals surface area (Å²) in [5, 5.41) is 6.18. The van der Waals surface area contributed by atoms with E-state index in [1.165, 1.54) is 29.4 Å². The number of pyridine rings is 2. The number of carbonyl (C=O) groups excluding carboxylic acids is 4. The van der Waals surface area contributed by atoms with E-state index in [0.29, 0.717) is 24.3 Å². The second-order valence-electron chi connectivity index (χ2n) is 10.0. The predicted octanol–water partition coefficient (Wildman–Crippen LogP) is 3.95. The molecule has 4 amide bonds. The minimum absolute atomic E-state index is 0.0523. The molecule has 2 N–H and O–H groups in total. The van der Waals surface area contributed by atoms with E-state index in [4.69, 9.17) is 16.0 Å². The molecule has 4 heterocycles. The lowest BCUT2D eigenvalue weighted by atomic mass is 9.84. The van der Waals surface area contributed by atoms with Crippen molar-refractivity contribution in [3.05, 3.63) is 47.1 Å². The molecule has 2 fully saturated rings. The van der Waals surface area contributed by atoms with Crippen LogP contribution in [0, 0.1) is 5.92 Å². The quantitative estimate of drug-likeness (QED) is 0.472. The smallest absolute Gasteiger partial charge is 0.294 e. The van der Waals surface area contributed by atoms with E-state index in [1.807, 2.05) is 4.90 Å². The molecule has 0 atom stereocenters. The second kappa shape index (κ2) is 11.0. The number of amides is 4. The molecule has 0 spiro atoms. The Balaban J connectivity index is 1.43. The van der Waals surface area contributed by atoms with Gasteiger partial charge in [0.1, 0.15) is 22.8 Å². The minimum atomic E-state index is -0.657. The summed E-state index contributed by atoms with van der Waals surface area (Å²) < 4.78 is 5.88. The molecule has 12 heteroatoms. The average molecular weight is 553 g/mol. The van der Waals surface area contributed by atoms with E-state index in [9.17, 15) is 19.2 Å². The van der Waals surface area contributed by atoms with Crippen LogP contribution in [-0.4, -0.2) is 70.1 Å². The summed E-state index contributed by atoms with van der Waals surface area (Å²) in [4.78, 5) is 63.5. The molecule has 2 aliphatic rings. The van der Waals surface area contributed by atoms with Crippen LogP contribution in [0.15, 0.2) is 35.0 Å². The number of rotatable bonds is 6. The molecule has 0 unspecified atom stereocenters. The van der Waals surface area contributed by atoms with Gasteiger partial charge in [-0.15, -0.1) is 0 Å². The molecular weight excluding hydrogens is 524 g/mol. The van der Waals surface area contributed by atoms with E-state index in [1.54, 1.807) is 20.2 Å². The fraction of sp³-hybridized carbons (Fsp3) is 0.407. The second-order valence-corrected chi connectivity index (χ2v) is 10.5. The number of carbonyl (C=O) groups is 4. The zero-order chi connectivity index (χ0) is 27.7. The Morgan fingerprint density at radius 1 is 1.08 bits per heavy atom. The van der Waals surface area contributed by atoms with Crippen molar-refractivity contribution in [2.45, 2.75) is 44.6 Å². The number of nitrogens with one attached hydrogen (secondary N) is 2. The fourth-order valence-corrected chi connectivity index (χ4v) is 5.36. The average Bonchev–Trinajstić information content (AvgIpc) is 3.53. The third kappa shape index (κ3) is 5.44. The fourth-order valence-electron chi connectivity index (χ4n) is 5.25. The van der Waals surface area contributed by atoms with Crippen molar-refractivity contribution in [1.29, 1.82) is 0 Å². The summed E-state index contributed by atoms with van der Waals surface area (Å²) in [5.41, 5.74) is 0.365. The molecule has 3 aromatic rings. The molecular formula is C27H29ClN6O5. The van der Waals surface area contributed by atoms with Crippen LogP contribution in [0.25, 0.3) is 11.0 Å². The number of furan rings is 1. The van der Waals surface area contributed by atoms with E-state index in [2.05, 4.69) is 20.6 Å². The number of fused-ring (bicyclic) bond motifs is 1. The van der Waals surface area contributed by atoms with Gasteiger partial charge in [-0.3, -0.25) is 24.2 Å². The van der Waals surface area contributed by atoms with Gasteiger partial charge >= 0.3 is 0 Å². The highest BCUT2D eigenvalue weighted by Gasteiger charge is 2.35. The van der Waals surface area contributed by atoms with Gasteiger partial charge < -0.3 is 24.9 Å². The monoisotopic (exact) mass is 552 g/mol. The molecule has 5 rings (SSSR count). The van der Waals surface area contributed by atoms with Gasteiger partial charge in [0.25, 0.3) is 11.8 Å². The van der Waals surface area contributed by atoms with E-state index in [-0.39, 0.29) is 57.7 Å². The van der Waals surface area contributed by atoms with Crippen LogP contribution in [-0.2, 0) is 9.59 Å². The summed E-state index contributed by atoms with van der Waals surface area (Å²) >= 11 is 5.90. The van der Waals surface area contributed by atoms with Gasteiger partial charge in [-0.05, 0) is 50.3 Å². The van der Waals surface area contributed by atoms with Gasteiger partial charge in [0.2, 0.25) is 17.6 Å². The lowest BCUT2D eigenvalue weighted by molar-refractivity contribution is -0.130. The lowest BCUT2D eigenvalue weighted by Crippen LogP contribution is -2.40. The van der Waals surface area contributed by atoms with Crippen LogP contribution in [0.3, 0.4) is 0 Å². The van der Waals surface area contributed by atoms with Crippen LogP contribution < -0.4 is 10.6 Å². The Bertz CT molecular complexity index is 1430. The number of nitrogens with zero attached hydrogens (tertiary/aromatic N) is 4. The van der Waals surface area contributed by atoms with Crippen molar-refractivity contribution < 1.29 is 23.6 Å². The zero-order valence-corrected chi connectivity index (χ0v) is 22.5. The Labute approximate surface area is 229 Å². The Morgan fingerprint density at radius 3 is 2.49 bits per heavy atom. The van der Waals surface area contributed by atoms with Crippen LogP contribution in [0.1, 0.15) is 59.6 Å². The number of anilines is 2. The molecule has 1 aliphatic heterocycles. The first-order chi connectivity index (χ1) is 18.7. The van der Waals surface area contributed by atoms with Crippen LogP contribution in [0.5, 0.6) is 0 Å². The normalized spacial score (nSPS) is 19.3. The van der Waals surface area contributed by atoms with E-state index >= 15 is 0 Å². The zero-order valence-electron chi connectivity index (χ0n) is 21.7. The van der Waals surface area contributed by atoms with Crippen molar-refractivity contribution in [3.8, 4) is 0 Å². The van der Waals surface area contributed by atoms with Gasteiger partial charge in [0.05, 0.1) is 10.4 Å². The van der Waals surface area contributed by atoms with Crippen LogP contribution >= 0.6 is 11.6 Å². The van der Waals surface area contributed by atoms with Crippen LogP contribution in [0.2, 0.25) is 5.02 Å². The third-order valence-corrected chi connectivity index (χ3v) is 7.48. The lowest BCUT2D eigenvalue weighted by Gasteiger charge is -2.34. The molecule has 0 bridgehead atoms. The molecule has 0 aromatic carbocycles. The first kappa shape index (κ1) is 26.6. The van der Waals surface area contributed by atoms with Crippen molar-refractivity contribution in [3.63, 3.8) is 0 Å². The largest absolute Gasteiger partial charge is 0.448 e. The topological polar surface area (TPSA) is 138 Å². The van der Waals surface area contributed by atoms with Gasteiger partial charge in [-0.1, -0.05) is 11.6 Å². The maximum absolute atomic E-state index is 13.5. The van der Waals surface area contributed by atoms with E-state index in [0.717, 1.165) is 25.8 Å². The third-order valence-electron chi connectivity index (χ3n) is 7.25. The highest BCUT2D eigenvalue weighted by atomic mass is 35.5. The summed E-state index contributed by atoms with van der Waals surface area (Å²) in [5.74, 6) is -1.41. The molecule has 1 saturated carbocycles. The Morgan fingerprint density at radius 2 is 1.85 bits per heavy atom. The van der Waals surface area contributed by atoms with Gasteiger partial charge in [0, 0.05) is 51.4 Å². The SMILES string of the molecule is CN(C)C(=O)c1nccc2oc(C(=O)Nc3ccc(Cl)cn3)c(NC(=O)[C@H]3CC[C@H](N4CCCC4=O)CC3)c12. The number of hydrogen-bond acceptors (Lipinski definition) is 7. The molecule has 204 valence electrons. The first-order valence-electron chi connectivity index (χ1n) is 12.9. The summed E-state index contributed by atoms with van der Waals surface area (Å²) in [6, 6.07) is 4.80. The van der Waals surface area contributed by atoms with Gasteiger partial charge in [-0.25, -0.2) is 4.98 Å². The number of likely N-dealkylation sites (tertiary alicyclic amines) is 1. The summed E-state index contributed by atoms with van der Waals surface area (Å²) in [6.07, 6.45) is 6.95. The summed E-state index contributed by atoms with van der Waals surface area (Å²) in [6.45, 7) is 0.776. The summed E-state index contributed by atoms with van der Waals surface area (Å²) in [7, 11) is 3.18. The minimum Gasteiger partial charge on any atom is -0.448 e. The predicted molar refractivity (Wildman–Crippen MR) is 145 cm³/mol. The van der Waals surface area contributed by atoms with Crippen molar-refractivity contribution in [1.82, 2.24) is 19.8 Å². The van der Waals surface area contributed by atoms with Crippen molar-refractivity contribution >= 4 is 57.7 Å². The first-order valence-corrected chi connectivity index (χ1v) is 13.3. The highest BCUT2D eigenvalue weighted by Crippen LogP contribution is 2.36. The van der Waals surface area contributed by atoms with Gasteiger partial charge in [0.15, 0.2) is 0 Å². The highest BCUT2D eigenvalue weighted by molar-refractivity contribution is 6.30. The molecule has 1 saturated heterocycles. The number of aromatic nitrogens is 2. The molecule has 39 heavy (non-hydrogen) atoms. The Kier molecular flexibility index (Phi) is 7.51. The Hall–Kier alpha value is -3.99. The van der Waals surface area contributed by atoms with Crippen molar-refractivity contribution in [2.75, 3.05) is 31.3 Å².